The molecule has 11 heavy (non-hydrogen) atoms. The fourth-order valence-corrected chi connectivity index (χ4v) is 1.59. The van der Waals surface area contributed by atoms with Gasteiger partial charge in [-0.2, -0.15) is 11.3 Å². The Bertz CT molecular complexity index is 270. The third-order valence-electron chi connectivity index (χ3n) is 1.40. The summed E-state index contributed by atoms with van der Waals surface area (Å²) in [5.41, 5.74) is 2.18. The largest absolute Gasteiger partial charge is 0.295 e. The van der Waals surface area contributed by atoms with Crippen molar-refractivity contribution in [2.45, 2.75) is 13.8 Å². The maximum Gasteiger partial charge on any atom is 0.152 e. The Hall–Kier alpha value is -0.890. The second kappa shape index (κ2) is 3.49. The van der Waals surface area contributed by atoms with E-state index in [4.69, 9.17) is 0 Å². The van der Waals surface area contributed by atoms with E-state index in [0.29, 0.717) is 0 Å². The lowest BCUT2D eigenvalue weighted by Crippen LogP contribution is -1.83. The summed E-state index contributed by atoms with van der Waals surface area (Å²) >= 11 is 1.64. The fraction of sp³-hybridized carbons (Fsp3) is 0.222. The first kappa shape index (κ1) is 8.21. The Balaban J connectivity index is 2.86. The van der Waals surface area contributed by atoms with Gasteiger partial charge >= 0.3 is 0 Å². The molecule has 0 atom stereocenters. The zero-order valence-electron chi connectivity index (χ0n) is 6.63. The highest BCUT2D eigenvalue weighted by Gasteiger charge is 1.95. The molecular formula is C9H10OS. The van der Waals surface area contributed by atoms with Gasteiger partial charge in [0.25, 0.3) is 0 Å². The SMILES string of the molecule is CC(=O)/C=C(/C)c1ccsc1. The van der Waals surface area contributed by atoms with Gasteiger partial charge in [0.15, 0.2) is 5.78 Å². The third kappa shape index (κ3) is 2.31. The van der Waals surface area contributed by atoms with E-state index in [2.05, 4.69) is 0 Å². The van der Waals surface area contributed by atoms with Crippen molar-refractivity contribution in [3.63, 3.8) is 0 Å². The summed E-state index contributed by atoms with van der Waals surface area (Å²) in [5, 5.41) is 4.04. The van der Waals surface area contributed by atoms with Gasteiger partial charge in [-0.3, -0.25) is 4.79 Å². The molecule has 1 nitrogen and oxygen atoms in total. The minimum absolute atomic E-state index is 0.105. The van der Waals surface area contributed by atoms with Crippen molar-refractivity contribution in [3.05, 3.63) is 28.5 Å². The van der Waals surface area contributed by atoms with Gasteiger partial charge in [-0.25, -0.2) is 0 Å². The molecule has 0 N–H and O–H groups in total. The van der Waals surface area contributed by atoms with Gasteiger partial charge in [-0.15, -0.1) is 0 Å². The topological polar surface area (TPSA) is 17.1 Å². The normalized spacial score (nSPS) is 11.6. The number of hydrogen-bond donors (Lipinski definition) is 0. The van der Waals surface area contributed by atoms with Crippen LogP contribution < -0.4 is 0 Å². The summed E-state index contributed by atoms with van der Waals surface area (Å²) in [6.07, 6.45) is 1.65. The molecule has 0 aliphatic heterocycles. The Kier molecular flexibility index (Phi) is 2.60. The minimum atomic E-state index is 0.105. The number of hydrogen-bond acceptors (Lipinski definition) is 2. The van der Waals surface area contributed by atoms with Crippen LogP contribution in [0, 0.1) is 0 Å². The highest BCUT2D eigenvalue weighted by atomic mass is 32.1. The van der Waals surface area contributed by atoms with E-state index in [9.17, 15) is 4.79 Å². The summed E-state index contributed by atoms with van der Waals surface area (Å²) in [6.45, 7) is 3.51. The lowest BCUT2D eigenvalue weighted by Gasteiger charge is -1.92. The summed E-state index contributed by atoms with van der Waals surface area (Å²) < 4.78 is 0. The predicted molar refractivity (Wildman–Crippen MR) is 48.7 cm³/mol. The van der Waals surface area contributed by atoms with Crippen LogP contribution in [0.1, 0.15) is 19.4 Å². The highest BCUT2D eigenvalue weighted by Crippen LogP contribution is 2.16. The Morgan fingerprint density at radius 1 is 1.55 bits per heavy atom. The van der Waals surface area contributed by atoms with Crippen LogP contribution in [0.25, 0.3) is 5.57 Å². The van der Waals surface area contributed by atoms with Crippen molar-refractivity contribution in [2.75, 3.05) is 0 Å². The van der Waals surface area contributed by atoms with Crippen LogP contribution >= 0.6 is 11.3 Å². The fourth-order valence-electron chi connectivity index (χ4n) is 0.877. The second-order valence-electron chi connectivity index (χ2n) is 2.45. The minimum Gasteiger partial charge on any atom is -0.295 e. The van der Waals surface area contributed by atoms with E-state index in [1.54, 1.807) is 24.3 Å². The van der Waals surface area contributed by atoms with Crippen molar-refractivity contribution >= 4 is 22.7 Å². The molecule has 0 amide bonds. The molecule has 1 heterocycles. The number of carbonyl (C=O) groups is 1. The van der Waals surface area contributed by atoms with E-state index in [-0.39, 0.29) is 5.78 Å². The molecule has 58 valence electrons. The molecule has 0 aliphatic carbocycles. The molecule has 1 aromatic heterocycles. The van der Waals surface area contributed by atoms with Gasteiger partial charge < -0.3 is 0 Å². The number of thiophene rings is 1. The Labute approximate surface area is 70.4 Å². The first-order valence-electron chi connectivity index (χ1n) is 3.41. The van der Waals surface area contributed by atoms with Crippen LogP contribution in [-0.4, -0.2) is 5.78 Å². The quantitative estimate of drug-likeness (QED) is 0.617. The smallest absolute Gasteiger partial charge is 0.152 e. The Morgan fingerprint density at radius 3 is 2.73 bits per heavy atom. The summed E-state index contributed by atoms with van der Waals surface area (Å²) in [6, 6.07) is 2.01. The molecule has 0 saturated heterocycles. The molecule has 1 aromatic rings. The standard InChI is InChI=1S/C9H10OS/c1-7(5-8(2)10)9-3-4-11-6-9/h3-6H,1-2H3/b7-5-. The van der Waals surface area contributed by atoms with E-state index < -0.39 is 0 Å². The van der Waals surface area contributed by atoms with Crippen LogP contribution in [0.15, 0.2) is 22.9 Å². The maximum absolute atomic E-state index is 10.7. The average molecular weight is 166 g/mol. The lowest BCUT2D eigenvalue weighted by atomic mass is 10.1. The first-order chi connectivity index (χ1) is 5.20. The van der Waals surface area contributed by atoms with E-state index in [1.807, 2.05) is 23.8 Å². The van der Waals surface area contributed by atoms with Crippen LogP contribution in [-0.2, 0) is 4.79 Å². The zero-order valence-corrected chi connectivity index (χ0v) is 7.44. The van der Waals surface area contributed by atoms with E-state index in [1.165, 1.54) is 0 Å². The lowest BCUT2D eigenvalue weighted by molar-refractivity contribution is -0.112. The van der Waals surface area contributed by atoms with Gasteiger partial charge in [0.1, 0.15) is 0 Å². The molecular weight excluding hydrogens is 156 g/mol. The molecule has 0 spiro atoms. The summed E-state index contributed by atoms with van der Waals surface area (Å²) in [4.78, 5) is 10.7. The summed E-state index contributed by atoms with van der Waals surface area (Å²) in [5.74, 6) is 0.105. The maximum atomic E-state index is 10.7. The number of ketones is 1. The average Bonchev–Trinajstić information content (AvgIpc) is 2.35. The first-order valence-corrected chi connectivity index (χ1v) is 4.36. The van der Waals surface area contributed by atoms with Crippen molar-refractivity contribution in [3.8, 4) is 0 Å². The third-order valence-corrected chi connectivity index (χ3v) is 2.08. The second-order valence-corrected chi connectivity index (χ2v) is 3.23. The summed E-state index contributed by atoms with van der Waals surface area (Å²) in [7, 11) is 0. The van der Waals surface area contributed by atoms with Crippen molar-refractivity contribution in [1.29, 1.82) is 0 Å². The Morgan fingerprint density at radius 2 is 2.27 bits per heavy atom. The molecule has 0 unspecified atom stereocenters. The monoisotopic (exact) mass is 166 g/mol. The number of carbonyl (C=O) groups excluding carboxylic acids is 1. The van der Waals surface area contributed by atoms with Crippen LogP contribution in [0.5, 0.6) is 0 Å². The van der Waals surface area contributed by atoms with Gasteiger partial charge in [0.05, 0.1) is 0 Å². The van der Waals surface area contributed by atoms with Crippen LogP contribution in [0.4, 0.5) is 0 Å². The predicted octanol–water partition coefficient (Wildman–Crippen LogP) is 2.74. The zero-order chi connectivity index (χ0) is 8.27. The van der Waals surface area contributed by atoms with Gasteiger partial charge in [-0.1, -0.05) is 0 Å². The molecule has 0 saturated carbocycles. The molecule has 0 fully saturated rings. The van der Waals surface area contributed by atoms with Gasteiger partial charge in [0, 0.05) is 0 Å². The van der Waals surface area contributed by atoms with Crippen LogP contribution in [0.3, 0.4) is 0 Å². The highest BCUT2D eigenvalue weighted by molar-refractivity contribution is 7.08. The van der Waals surface area contributed by atoms with Gasteiger partial charge in [-0.05, 0) is 47.9 Å². The molecule has 0 bridgehead atoms. The molecule has 1 rings (SSSR count). The van der Waals surface area contributed by atoms with Crippen molar-refractivity contribution in [2.24, 2.45) is 0 Å². The van der Waals surface area contributed by atoms with E-state index in [0.717, 1.165) is 11.1 Å². The number of rotatable bonds is 2. The molecule has 0 radical (unpaired) electrons. The molecule has 0 aliphatic rings. The van der Waals surface area contributed by atoms with Gasteiger partial charge in [0.2, 0.25) is 0 Å². The van der Waals surface area contributed by atoms with Crippen molar-refractivity contribution in [1.82, 2.24) is 0 Å². The van der Waals surface area contributed by atoms with Crippen molar-refractivity contribution < 1.29 is 4.79 Å². The molecule has 0 aromatic carbocycles. The van der Waals surface area contributed by atoms with E-state index >= 15 is 0 Å². The number of allylic oxidation sites excluding steroid dienone is 2. The van der Waals surface area contributed by atoms with Crippen LogP contribution in [0.2, 0.25) is 0 Å². The molecule has 2 heteroatoms.